The van der Waals surface area contributed by atoms with Crippen molar-refractivity contribution in [1.82, 2.24) is 5.32 Å². The van der Waals surface area contributed by atoms with E-state index in [1.54, 1.807) is 6.07 Å². The number of nitrogens with one attached hydrogen (secondary N) is 1. The van der Waals surface area contributed by atoms with Gasteiger partial charge in [-0.15, -0.1) is 0 Å². The van der Waals surface area contributed by atoms with Gasteiger partial charge in [-0.1, -0.05) is 19.1 Å². The maximum absolute atomic E-state index is 13.9. The highest BCUT2D eigenvalue weighted by Gasteiger charge is 2.13. The molecule has 17 heavy (non-hydrogen) atoms. The summed E-state index contributed by atoms with van der Waals surface area (Å²) in [5, 5.41) is 12.2. The van der Waals surface area contributed by atoms with E-state index in [9.17, 15) is 4.39 Å². The van der Waals surface area contributed by atoms with E-state index in [-0.39, 0.29) is 12.4 Å². The highest BCUT2D eigenvalue weighted by Crippen LogP contribution is 2.24. The van der Waals surface area contributed by atoms with Crippen molar-refractivity contribution in [2.45, 2.75) is 20.4 Å². The van der Waals surface area contributed by atoms with Gasteiger partial charge in [0.1, 0.15) is 5.82 Å². The van der Waals surface area contributed by atoms with Gasteiger partial charge in [0, 0.05) is 19.6 Å². The van der Waals surface area contributed by atoms with Crippen LogP contribution in [0.25, 0.3) is 0 Å². The maximum atomic E-state index is 13.9. The van der Waals surface area contributed by atoms with Gasteiger partial charge in [-0.3, -0.25) is 0 Å². The van der Waals surface area contributed by atoms with Crippen molar-refractivity contribution in [1.29, 1.82) is 0 Å². The third-order valence-electron chi connectivity index (χ3n) is 2.70. The average Bonchev–Trinajstić information content (AvgIpc) is 2.34. The molecule has 96 valence electrons. The van der Waals surface area contributed by atoms with E-state index in [2.05, 4.69) is 5.32 Å². The van der Waals surface area contributed by atoms with E-state index < -0.39 is 0 Å². The molecule has 0 unspecified atom stereocenters. The normalized spacial score (nSPS) is 10.6. The number of nitrogens with zero attached hydrogens (tertiary/aromatic N) is 1. The molecule has 0 saturated carbocycles. The van der Waals surface area contributed by atoms with E-state index in [1.165, 1.54) is 6.07 Å². The van der Waals surface area contributed by atoms with Crippen LogP contribution < -0.4 is 10.2 Å². The number of rotatable bonds is 7. The van der Waals surface area contributed by atoms with Crippen LogP contribution in [-0.2, 0) is 6.54 Å². The fourth-order valence-corrected chi connectivity index (χ4v) is 1.87. The second-order valence-corrected chi connectivity index (χ2v) is 3.83. The molecule has 1 aromatic carbocycles. The van der Waals surface area contributed by atoms with Crippen molar-refractivity contribution in [3.8, 4) is 0 Å². The van der Waals surface area contributed by atoms with Crippen LogP contribution in [0.3, 0.4) is 0 Å². The van der Waals surface area contributed by atoms with E-state index in [4.69, 9.17) is 5.11 Å². The highest BCUT2D eigenvalue weighted by atomic mass is 19.1. The van der Waals surface area contributed by atoms with E-state index in [0.717, 1.165) is 12.1 Å². The maximum Gasteiger partial charge on any atom is 0.146 e. The molecule has 1 aromatic rings. The molecule has 0 aromatic heterocycles. The molecule has 0 heterocycles. The molecule has 0 bridgehead atoms. The SMILES string of the molecule is CCNCc1cccc(F)c1N(CC)CCO. The summed E-state index contributed by atoms with van der Waals surface area (Å²) >= 11 is 0. The quantitative estimate of drug-likeness (QED) is 0.762. The predicted molar refractivity (Wildman–Crippen MR) is 68.8 cm³/mol. The van der Waals surface area contributed by atoms with Crippen LogP contribution in [0.5, 0.6) is 0 Å². The second kappa shape index (κ2) is 7.25. The van der Waals surface area contributed by atoms with Crippen LogP contribution in [0.4, 0.5) is 10.1 Å². The largest absolute Gasteiger partial charge is 0.395 e. The number of aliphatic hydroxyl groups is 1. The van der Waals surface area contributed by atoms with Gasteiger partial charge in [-0.2, -0.15) is 0 Å². The number of benzene rings is 1. The third-order valence-corrected chi connectivity index (χ3v) is 2.70. The van der Waals surface area contributed by atoms with E-state index >= 15 is 0 Å². The molecule has 3 nitrogen and oxygen atoms in total. The number of para-hydroxylation sites is 1. The molecular formula is C13H21FN2O. The molecule has 1 rings (SSSR count). The lowest BCUT2D eigenvalue weighted by Crippen LogP contribution is -2.29. The Hall–Kier alpha value is -1.13. The summed E-state index contributed by atoms with van der Waals surface area (Å²) in [5.41, 5.74) is 1.53. The molecule has 0 aliphatic rings. The average molecular weight is 240 g/mol. The topological polar surface area (TPSA) is 35.5 Å². The zero-order valence-corrected chi connectivity index (χ0v) is 10.5. The van der Waals surface area contributed by atoms with Crippen LogP contribution in [0.2, 0.25) is 0 Å². The first kappa shape index (κ1) is 13.9. The fourth-order valence-electron chi connectivity index (χ4n) is 1.87. The minimum absolute atomic E-state index is 0.0306. The molecule has 0 saturated heterocycles. The van der Waals surface area contributed by atoms with Gasteiger partial charge in [0.2, 0.25) is 0 Å². The lowest BCUT2D eigenvalue weighted by Gasteiger charge is -2.25. The predicted octanol–water partition coefficient (Wildman–Crippen LogP) is 1.75. The molecule has 0 radical (unpaired) electrons. The number of likely N-dealkylation sites (N-methyl/N-ethyl adjacent to an activating group) is 1. The Morgan fingerprint density at radius 2 is 2.12 bits per heavy atom. The number of hydrogen-bond donors (Lipinski definition) is 2. The molecule has 0 amide bonds. The van der Waals surface area contributed by atoms with Crippen molar-refractivity contribution in [2.75, 3.05) is 31.1 Å². The highest BCUT2D eigenvalue weighted by molar-refractivity contribution is 5.54. The number of halogens is 1. The standard InChI is InChI=1S/C13H21FN2O/c1-3-15-10-11-6-5-7-12(14)13(11)16(4-2)8-9-17/h5-7,15,17H,3-4,8-10H2,1-2H3. The summed E-state index contributed by atoms with van der Waals surface area (Å²) in [6, 6.07) is 5.10. The summed E-state index contributed by atoms with van der Waals surface area (Å²) in [4.78, 5) is 1.86. The van der Waals surface area contributed by atoms with Gasteiger partial charge in [0.05, 0.1) is 12.3 Å². The van der Waals surface area contributed by atoms with E-state index in [0.29, 0.717) is 25.3 Å². The minimum atomic E-state index is -0.226. The Balaban J connectivity index is 3.00. The summed E-state index contributed by atoms with van der Waals surface area (Å²) in [6.07, 6.45) is 0. The number of anilines is 1. The second-order valence-electron chi connectivity index (χ2n) is 3.83. The summed E-state index contributed by atoms with van der Waals surface area (Å²) in [6.45, 7) is 6.64. The van der Waals surface area contributed by atoms with E-state index in [1.807, 2.05) is 24.8 Å². The monoisotopic (exact) mass is 240 g/mol. The Morgan fingerprint density at radius 3 is 2.71 bits per heavy atom. The zero-order valence-electron chi connectivity index (χ0n) is 10.5. The van der Waals surface area contributed by atoms with Crippen LogP contribution >= 0.6 is 0 Å². The summed E-state index contributed by atoms with van der Waals surface area (Å²) < 4.78 is 13.9. The van der Waals surface area contributed by atoms with Crippen LogP contribution in [0.1, 0.15) is 19.4 Å². The van der Waals surface area contributed by atoms with Crippen LogP contribution in [0.15, 0.2) is 18.2 Å². The van der Waals surface area contributed by atoms with Gasteiger partial charge in [-0.05, 0) is 25.1 Å². The minimum Gasteiger partial charge on any atom is -0.395 e. The van der Waals surface area contributed by atoms with Crippen molar-refractivity contribution in [3.63, 3.8) is 0 Å². The molecule has 0 aliphatic carbocycles. The van der Waals surface area contributed by atoms with Crippen molar-refractivity contribution < 1.29 is 9.50 Å². The first-order chi connectivity index (χ1) is 8.24. The Bertz CT molecular complexity index is 344. The Labute approximate surface area is 102 Å². The van der Waals surface area contributed by atoms with Gasteiger partial charge in [-0.25, -0.2) is 4.39 Å². The lowest BCUT2D eigenvalue weighted by atomic mass is 10.1. The molecule has 0 fully saturated rings. The van der Waals surface area contributed by atoms with Gasteiger partial charge in [0.25, 0.3) is 0 Å². The van der Waals surface area contributed by atoms with Crippen molar-refractivity contribution >= 4 is 5.69 Å². The van der Waals surface area contributed by atoms with Crippen LogP contribution in [-0.4, -0.2) is 31.3 Å². The smallest absolute Gasteiger partial charge is 0.146 e. The molecule has 2 N–H and O–H groups in total. The van der Waals surface area contributed by atoms with Gasteiger partial charge >= 0.3 is 0 Å². The molecule has 0 spiro atoms. The van der Waals surface area contributed by atoms with Crippen molar-refractivity contribution in [3.05, 3.63) is 29.6 Å². The number of hydrogen-bond acceptors (Lipinski definition) is 3. The Kier molecular flexibility index (Phi) is 5.94. The molecule has 4 heteroatoms. The molecule has 0 atom stereocenters. The summed E-state index contributed by atoms with van der Waals surface area (Å²) in [7, 11) is 0. The fraction of sp³-hybridized carbons (Fsp3) is 0.538. The summed E-state index contributed by atoms with van der Waals surface area (Å²) in [5.74, 6) is -0.226. The lowest BCUT2D eigenvalue weighted by molar-refractivity contribution is 0.302. The van der Waals surface area contributed by atoms with Gasteiger partial charge in [0.15, 0.2) is 0 Å². The number of aliphatic hydroxyl groups excluding tert-OH is 1. The molecular weight excluding hydrogens is 219 g/mol. The van der Waals surface area contributed by atoms with Gasteiger partial charge < -0.3 is 15.3 Å². The zero-order chi connectivity index (χ0) is 12.7. The Morgan fingerprint density at radius 1 is 1.35 bits per heavy atom. The first-order valence-electron chi connectivity index (χ1n) is 6.08. The van der Waals surface area contributed by atoms with Crippen molar-refractivity contribution in [2.24, 2.45) is 0 Å². The van der Waals surface area contributed by atoms with Crippen LogP contribution in [0, 0.1) is 5.82 Å². The third kappa shape index (κ3) is 3.68. The first-order valence-corrected chi connectivity index (χ1v) is 6.08. The molecule has 0 aliphatic heterocycles.